The Morgan fingerprint density at radius 3 is 2.38 bits per heavy atom. The maximum atomic E-state index is 14.1. The third-order valence-corrected chi connectivity index (χ3v) is 6.37. The van der Waals surface area contributed by atoms with E-state index in [-0.39, 0.29) is 18.4 Å². The Hall–Kier alpha value is -4.26. The van der Waals surface area contributed by atoms with Gasteiger partial charge in [0.05, 0.1) is 30.4 Å². The SMILES string of the molecule is COc1ccc2nc3c(c(-c4ccccc4)c2c1)C(=O)N(C(C(=O)NC(C)(C)C)c1ccc(F)cc1)C3. The first kappa shape index (κ1) is 24.4. The van der Waals surface area contributed by atoms with Crippen molar-refractivity contribution in [3.63, 3.8) is 0 Å². The highest BCUT2D eigenvalue weighted by molar-refractivity contribution is 6.12. The van der Waals surface area contributed by atoms with Crippen LogP contribution < -0.4 is 10.1 Å². The van der Waals surface area contributed by atoms with E-state index in [2.05, 4.69) is 5.32 Å². The van der Waals surface area contributed by atoms with Gasteiger partial charge in [0.1, 0.15) is 17.6 Å². The van der Waals surface area contributed by atoms with E-state index in [0.717, 1.165) is 22.0 Å². The zero-order valence-corrected chi connectivity index (χ0v) is 21.2. The van der Waals surface area contributed by atoms with Crippen LogP contribution in [0, 0.1) is 5.82 Å². The summed E-state index contributed by atoms with van der Waals surface area (Å²) in [5, 5.41) is 3.78. The average Bonchev–Trinajstić information content (AvgIpc) is 3.18. The summed E-state index contributed by atoms with van der Waals surface area (Å²) in [6.07, 6.45) is 0. The second kappa shape index (κ2) is 9.32. The molecule has 7 heteroatoms. The Labute approximate surface area is 215 Å². The Morgan fingerprint density at radius 1 is 1.03 bits per heavy atom. The first-order valence-corrected chi connectivity index (χ1v) is 12.1. The zero-order valence-electron chi connectivity index (χ0n) is 21.2. The number of benzene rings is 3. The number of carbonyl (C=O) groups excluding carboxylic acids is 2. The predicted octanol–water partition coefficient (Wildman–Crippen LogP) is 5.66. The molecule has 0 bridgehead atoms. The van der Waals surface area contributed by atoms with E-state index in [1.165, 1.54) is 17.0 Å². The minimum atomic E-state index is -0.956. The molecule has 1 atom stereocenters. The van der Waals surface area contributed by atoms with Crippen LogP contribution in [0.25, 0.3) is 22.0 Å². The van der Waals surface area contributed by atoms with Crippen molar-refractivity contribution in [2.45, 2.75) is 38.9 Å². The van der Waals surface area contributed by atoms with E-state index in [9.17, 15) is 14.0 Å². The number of hydrogen-bond acceptors (Lipinski definition) is 4. The van der Waals surface area contributed by atoms with Crippen molar-refractivity contribution in [2.24, 2.45) is 0 Å². The van der Waals surface area contributed by atoms with Gasteiger partial charge in [-0.05, 0) is 62.2 Å². The van der Waals surface area contributed by atoms with Crippen LogP contribution in [0.15, 0.2) is 72.8 Å². The lowest BCUT2D eigenvalue weighted by Gasteiger charge is -2.30. The van der Waals surface area contributed by atoms with Gasteiger partial charge in [-0.25, -0.2) is 4.39 Å². The molecular weight excluding hydrogens is 469 g/mol. The molecule has 1 aliphatic rings. The van der Waals surface area contributed by atoms with Crippen molar-refractivity contribution < 1.29 is 18.7 Å². The molecule has 0 spiro atoms. The van der Waals surface area contributed by atoms with Crippen molar-refractivity contribution in [3.05, 3.63) is 95.4 Å². The van der Waals surface area contributed by atoms with Crippen LogP contribution in [0.5, 0.6) is 5.75 Å². The van der Waals surface area contributed by atoms with Crippen LogP contribution in [0.4, 0.5) is 4.39 Å². The minimum Gasteiger partial charge on any atom is -0.497 e. The molecule has 3 aromatic carbocycles. The molecule has 1 N–H and O–H groups in total. The summed E-state index contributed by atoms with van der Waals surface area (Å²) in [5.74, 6) is -0.400. The number of pyridine rings is 1. The Balaban J connectivity index is 1.69. The summed E-state index contributed by atoms with van der Waals surface area (Å²) < 4.78 is 19.2. The van der Waals surface area contributed by atoms with Gasteiger partial charge in [-0.15, -0.1) is 0 Å². The number of rotatable bonds is 5. The second-order valence-corrected chi connectivity index (χ2v) is 10.2. The molecule has 1 unspecified atom stereocenters. The standard InChI is InChI=1S/C30H28FN3O3/c1-30(2,3)33-28(35)27(19-10-12-20(31)13-11-19)34-17-24-26(29(34)36)25(18-8-6-5-7-9-18)22-16-21(37-4)14-15-23(22)32-24/h5-16,27H,17H2,1-4H3,(H,33,35). The number of fused-ring (bicyclic) bond motifs is 2. The maximum absolute atomic E-state index is 14.1. The van der Waals surface area contributed by atoms with E-state index in [4.69, 9.17) is 9.72 Å². The van der Waals surface area contributed by atoms with Gasteiger partial charge in [0.25, 0.3) is 5.91 Å². The first-order chi connectivity index (χ1) is 17.7. The number of ether oxygens (including phenoxy) is 1. The van der Waals surface area contributed by atoms with E-state index in [1.807, 2.05) is 69.3 Å². The predicted molar refractivity (Wildman–Crippen MR) is 141 cm³/mol. The van der Waals surface area contributed by atoms with Crippen molar-refractivity contribution in [3.8, 4) is 16.9 Å². The van der Waals surface area contributed by atoms with Gasteiger partial charge in [0.15, 0.2) is 0 Å². The highest BCUT2D eigenvalue weighted by Gasteiger charge is 2.41. The molecule has 5 rings (SSSR count). The fraction of sp³-hybridized carbons (Fsp3) is 0.233. The number of nitrogens with zero attached hydrogens (tertiary/aromatic N) is 2. The topological polar surface area (TPSA) is 71.5 Å². The molecule has 2 heterocycles. The molecule has 1 aliphatic heterocycles. The van der Waals surface area contributed by atoms with E-state index in [1.54, 1.807) is 19.2 Å². The van der Waals surface area contributed by atoms with Crippen molar-refractivity contribution in [2.75, 3.05) is 7.11 Å². The summed E-state index contributed by atoms with van der Waals surface area (Å²) >= 11 is 0. The fourth-order valence-electron chi connectivity index (χ4n) is 4.81. The van der Waals surface area contributed by atoms with Crippen LogP contribution in [-0.2, 0) is 11.3 Å². The lowest BCUT2D eigenvalue weighted by Crippen LogP contribution is -2.48. The van der Waals surface area contributed by atoms with Crippen LogP contribution in [-0.4, -0.2) is 34.3 Å². The van der Waals surface area contributed by atoms with Crippen LogP contribution >= 0.6 is 0 Å². The second-order valence-electron chi connectivity index (χ2n) is 10.2. The molecule has 0 radical (unpaired) electrons. The van der Waals surface area contributed by atoms with Gasteiger partial charge in [-0.1, -0.05) is 42.5 Å². The molecule has 0 saturated heterocycles. The minimum absolute atomic E-state index is 0.148. The van der Waals surface area contributed by atoms with Crippen molar-refractivity contribution in [1.82, 2.24) is 15.2 Å². The van der Waals surface area contributed by atoms with E-state index in [0.29, 0.717) is 22.6 Å². The van der Waals surface area contributed by atoms with Gasteiger partial charge < -0.3 is 15.0 Å². The summed E-state index contributed by atoms with van der Waals surface area (Å²) in [7, 11) is 1.60. The number of methoxy groups -OCH3 is 1. The lowest BCUT2D eigenvalue weighted by atomic mass is 9.94. The summed E-state index contributed by atoms with van der Waals surface area (Å²) in [5.41, 5.74) is 3.40. The Kier molecular flexibility index (Phi) is 6.15. The fourth-order valence-corrected chi connectivity index (χ4v) is 4.81. The molecule has 188 valence electrons. The molecular formula is C30H28FN3O3. The van der Waals surface area contributed by atoms with Crippen LogP contribution in [0.3, 0.4) is 0 Å². The molecule has 2 amide bonds. The maximum Gasteiger partial charge on any atom is 0.257 e. The van der Waals surface area contributed by atoms with Crippen LogP contribution in [0.1, 0.15) is 48.4 Å². The molecule has 6 nitrogen and oxygen atoms in total. The molecule has 0 saturated carbocycles. The van der Waals surface area contributed by atoms with Crippen molar-refractivity contribution >= 4 is 22.7 Å². The van der Waals surface area contributed by atoms with Gasteiger partial charge in [0.2, 0.25) is 5.91 Å². The third kappa shape index (κ3) is 4.65. The number of aromatic nitrogens is 1. The molecule has 1 aromatic heterocycles. The zero-order chi connectivity index (χ0) is 26.3. The van der Waals surface area contributed by atoms with Crippen LogP contribution in [0.2, 0.25) is 0 Å². The average molecular weight is 498 g/mol. The molecule has 0 fully saturated rings. The number of halogens is 1. The summed E-state index contributed by atoms with van der Waals surface area (Å²) in [6.45, 7) is 5.78. The van der Waals surface area contributed by atoms with Gasteiger partial charge in [0, 0.05) is 16.5 Å². The monoisotopic (exact) mass is 497 g/mol. The molecule has 4 aromatic rings. The quantitative estimate of drug-likeness (QED) is 0.386. The first-order valence-electron chi connectivity index (χ1n) is 12.1. The van der Waals surface area contributed by atoms with Gasteiger partial charge in [-0.3, -0.25) is 14.6 Å². The largest absolute Gasteiger partial charge is 0.497 e. The number of hydrogen-bond donors (Lipinski definition) is 1. The van der Waals surface area contributed by atoms with E-state index >= 15 is 0 Å². The van der Waals surface area contributed by atoms with Gasteiger partial charge >= 0.3 is 0 Å². The molecule has 37 heavy (non-hydrogen) atoms. The van der Waals surface area contributed by atoms with E-state index < -0.39 is 17.4 Å². The highest BCUT2D eigenvalue weighted by atomic mass is 19.1. The summed E-state index contributed by atoms with van der Waals surface area (Å²) in [6, 6.07) is 20.0. The Bertz CT molecular complexity index is 1500. The Morgan fingerprint density at radius 2 is 1.73 bits per heavy atom. The normalized spacial score (nSPS) is 14.0. The molecule has 0 aliphatic carbocycles. The highest BCUT2D eigenvalue weighted by Crippen LogP contribution is 2.41. The number of nitrogens with one attached hydrogen (secondary N) is 1. The third-order valence-electron chi connectivity index (χ3n) is 6.37. The summed E-state index contributed by atoms with van der Waals surface area (Å²) in [4.78, 5) is 34.1. The number of carbonyl (C=O) groups is 2. The van der Waals surface area contributed by atoms with Gasteiger partial charge in [-0.2, -0.15) is 0 Å². The lowest BCUT2D eigenvalue weighted by molar-refractivity contribution is -0.127. The van der Waals surface area contributed by atoms with Crippen molar-refractivity contribution in [1.29, 1.82) is 0 Å². The number of amides is 2. The smallest absolute Gasteiger partial charge is 0.257 e.